The van der Waals surface area contributed by atoms with Crippen molar-refractivity contribution in [3.63, 3.8) is 0 Å². The standard InChI is InChI=1S/C13H14N2O2S/c1-17-9-4-5-11-10(8-9)14-12(18-11)13(16)15-6-2-3-7-15/h4-5,8H,2-3,6-7H2,1H3. The molecule has 5 heteroatoms. The van der Waals surface area contributed by atoms with E-state index < -0.39 is 0 Å². The van der Waals surface area contributed by atoms with Crippen LogP contribution in [0, 0.1) is 0 Å². The van der Waals surface area contributed by atoms with Gasteiger partial charge >= 0.3 is 0 Å². The van der Waals surface area contributed by atoms with Crippen molar-refractivity contribution >= 4 is 27.5 Å². The lowest BCUT2D eigenvalue weighted by atomic mass is 10.3. The summed E-state index contributed by atoms with van der Waals surface area (Å²) in [6.07, 6.45) is 2.20. The zero-order chi connectivity index (χ0) is 12.5. The Balaban J connectivity index is 1.94. The predicted octanol–water partition coefficient (Wildman–Crippen LogP) is 2.54. The second-order valence-electron chi connectivity index (χ2n) is 4.35. The van der Waals surface area contributed by atoms with E-state index in [1.165, 1.54) is 11.3 Å². The number of carbonyl (C=O) groups excluding carboxylic acids is 1. The van der Waals surface area contributed by atoms with Crippen molar-refractivity contribution in [2.75, 3.05) is 20.2 Å². The number of hydrogen-bond acceptors (Lipinski definition) is 4. The van der Waals surface area contributed by atoms with Gasteiger partial charge in [-0.15, -0.1) is 11.3 Å². The number of ether oxygens (including phenoxy) is 1. The molecule has 4 nitrogen and oxygen atoms in total. The van der Waals surface area contributed by atoms with E-state index in [1.807, 2.05) is 23.1 Å². The van der Waals surface area contributed by atoms with Crippen molar-refractivity contribution in [3.05, 3.63) is 23.2 Å². The molecule has 1 aliphatic rings. The van der Waals surface area contributed by atoms with Crippen LogP contribution in [0.1, 0.15) is 22.6 Å². The highest BCUT2D eigenvalue weighted by Gasteiger charge is 2.22. The number of nitrogens with zero attached hydrogens (tertiary/aromatic N) is 2. The first kappa shape index (κ1) is 11.5. The SMILES string of the molecule is COc1ccc2sc(C(=O)N3CCCC3)nc2c1. The molecule has 94 valence electrons. The number of rotatable bonds is 2. The molecule has 1 aliphatic heterocycles. The predicted molar refractivity (Wildman–Crippen MR) is 71.3 cm³/mol. The van der Waals surface area contributed by atoms with Crippen LogP contribution in [-0.4, -0.2) is 36.0 Å². The van der Waals surface area contributed by atoms with Gasteiger partial charge in [0, 0.05) is 19.2 Å². The Kier molecular flexibility index (Phi) is 2.91. The molecule has 1 aromatic heterocycles. The summed E-state index contributed by atoms with van der Waals surface area (Å²) in [6.45, 7) is 1.72. The Morgan fingerprint density at radius 2 is 2.17 bits per heavy atom. The molecule has 1 saturated heterocycles. The second-order valence-corrected chi connectivity index (χ2v) is 5.38. The Labute approximate surface area is 109 Å². The maximum atomic E-state index is 12.2. The monoisotopic (exact) mass is 262 g/mol. The molecule has 0 spiro atoms. The first-order valence-electron chi connectivity index (χ1n) is 6.02. The summed E-state index contributed by atoms with van der Waals surface area (Å²) >= 11 is 1.45. The number of thiazole rings is 1. The minimum atomic E-state index is 0.0627. The molecule has 2 heterocycles. The van der Waals surface area contributed by atoms with E-state index in [-0.39, 0.29) is 5.91 Å². The lowest BCUT2D eigenvalue weighted by Crippen LogP contribution is -2.27. The average molecular weight is 262 g/mol. The van der Waals surface area contributed by atoms with Crippen LogP contribution >= 0.6 is 11.3 Å². The smallest absolute Gasteiger partial charge is 0.282 e. The number of aromatic nitrogens is 1. The van der Waals surface area contributed by atoms with Crippen molar-refractivity contribution < 1.29 is 9.53 Å². The molecule has 0 saturated carbocycles. The zero-order valence-corrected chi connectivity index (χ0v) is 11.0. The quantitative estimate of drug-likeness (QED) is 0.835. The van der Waals surface area contributed by atoms with Crippen LogP contribution in [0.3, 0.4) is 0 Å². The molecular formula is C13H14N2O2S. The van der Waals surface area contributed by atoms with Crippen molar-refractivity contribution in [1.29, 1.82) is 0 Å². The third-order valence-corrected chi connectivity index (χ3v) is 4.20. The van der Waals surface area contributed by atoms with Crippen LogP contribution in [0.5, 0.6) is 5.75 Å². The van der Waals surface area contributed by atoms with Gasteiger partial charge in [-0.05, 0) is 25.0 Å². The van der Waals surface area contributed by atoms with Gasteiger partial charge in [0.25, 0.3) is 5.91 Å². The first-order chi connectivity index (χ1) is 8.78. The lowest BCUT2D eigenvalue weighted by Gasteiger charge is -2.12. The number of likely N-dealkylation sites (tertiary alicyclic amines) is 1. The third kappa shape index (κ3) is 1.95. The van der Waals surface area contributed by atoms with Gasteiger partial charge in [-0.2, -0.15) is 0 Å². The molecule has 2 aromatic rings. The Hall–Kier alpha value is -1.62. The summed E-state index contributed by atoms with van der Waals surface area (Å²) in [4.78, 5) is 18.5. The summed E-state index contributed by atoms with van der Waals surface area (Å²) < 4.78 is 6.19. The van der Waals surface area contributed by atoms with Crippen LogP contribution in [-0.2, 0) is 0 Å². The fourth-order valence-electron chi connectivity index (χ4n) is 2.18. The van der Waals surface area contributed by atoms with E-state index >= 15 is 0 Å². The minimum Gasteiger partial charge on any atom is -0.497 e. The topological polar surface area (TPSA) is 42.4 Å². The number of methoxy groups -OCH3 is 1. The number of benzene rings is 1. The lowest BCUT2D eigenvalue weighted by molar-refractivity contribution is 0.0792. The fourth-order valence-corrected chi connectivity index (χ4v) is 3.10. The van der Waals surface area contributed by atoms with Gasteiger partial charge in [0.1, 0.15) is 5.75 Å². The molecule has 0 radical (unpaired) electrons. The molecule has 0 N–H and O–H groups in total. The minimum absolute atomic E-state index is 0.0627. The molecule has 0 unspecified atom stereocenters. The van der Waals surface area contributed by atoms with E-state index in [2.05, 4.69) is 4.98 Å². The highest BCUT2D eigenvalue weighted by Crippen LogP contribution is 2.27. The average Bonchev–Trinajstić information content (AvgIpc) is 3.05. The molecule has 18 heavy (non-hydrogen) atoms. The van der Waals surface area contributed by atoms with Crippen LogP contribution < -0.4 is 4.74 Å². The third-order valence-electron chi connectivity index (χ3n) is 3.17. The van der Waals surface area contributed by atoms with E-state index in [0.29, 0.717) is 5.01 Å². The molecule has 1 aromatic carbocycles. The molecule has 1 fully saturated rings. The van der Waals surface area contributed by atoms with Crippen molar-refractivity contribution in [1.82, 2.24) is 9.88 Å². The molecule has 0 bridgehead atoms. The van der Waals surface area contributed by atoms with E-state index in [1.54, 1.807) is 7.11 Å². The van der Waals surface area contributed by atoms with Gasteiger partial charge in [0.15, 0.2) is 5.01 Å². The summed E-state index contributed by atoms with van der Waals surface area (Å²) in [7, 11) is 1.63. The van der Waals surface area contributed by atoms with Gasteiger partial charge in [-0.25, -0.2) is 4.98 Å². The fraction of sp³-hybridized carbons (Fsp3) is 0.385. The number of amides is 1. The number of fused-ring (bicyclic) bond motifs is 1. The van der Waals surface area contributed by atoms with E-state index in [9.17, 15) is 4.79 Å². The number of carbonyl (C=O) groups is 1. The van der Waals surface area contributed by atoms with Crippen LogP contribution in [0.15, 0.2) is 18.2 Å². The van der Waals surface area contributed by atoms with Gasteiger partial charge in [0.05, 0.1) is 17.3 Å². The summed E-state index contributed by atoms with van der Waals surface area (Å²) in [5.74, 6) is 0.834. The molecule has 0 atom stereocenters. The maximum Gasteiger partial charge on any atom is 0.282 e. The summed E-state index contributed by atoms with van der Waals surface area (Å²) in [5, 5.41) is 0.583. The maximum absolute atomic E-state index is 12.2. The summed E-state index contributed by atoms with van der Waals surface area (Å²) in [6, 6.07) is 5.71. The first-order valence-corrected chi connectivity index (χ1v) is 6.83. The second kappa shape index (κ2) is 4.57. The van der Waals surface area contributed by atoms with Crippen molar-refractivity contribution in [2.45, 2.75) is 12.8 Å². The van der Waals surface area contributed by atoms with E-state index in [4.69, 9.17) is 4.74 Å². The van der Waals surface area contributed by atoms with Gasteiger partial charge < -0.3 is 9.64 Å². The summed E-state index contributed by atoms with van der Waals surface area (Å²) in [5.41, 5.74) is 0.835. The van der Waals surface area contributed by atoms with Crippen LogP contribution in [0.4, 0.5) is 0 Å². The van der Waals surface area contributed by atoms with Gasteiger partial charge in [-0.3, -0.25) is 4.79 Å². The molecule has 0 aliphatic carbocycles. The number of hydrogen-bond donors (Lipinski definition) is 0. The largest absolute Gasteiger partial charge is 0.497 e. The van der Waals surface area contributed by atoms with E-state index in [0.717, 1.165) is 41.9 Å². The zero-order valence-electron chi connectivity index (χ0n) is 10.2. The highest BCUT2D eigenvalue weighted by atomic mass is 32.1. The van der Waals surface area contributed by atoms with Crippen LogP contribution in [0.2, 0.25) is 0 Å². The Bertz CT molecular complexity index is 588. The normalized spacial score (nSPS) is 15.3. The molecular weight excluding hydrogens is 248 g/mol. The van der Waals surface area contributed by atoms with Gasteiger partial charge in [0.2, 0.25) is 0 Å². The molecule has 1 amide bonds. The Morgan fingerprint density at radius 1 is 1.39 bits per heavy atom. The Morgan fingerprint density at radius 3 is 2.89 bits per heavy atom. The van der Waals surface area contributed by atoms with Crippen molar-refractivity contribution in [3.8, 4) is 5.75 Å². The highest BCUT2D eigenvalue weighted by molar-refractivity contribution is 7.20. The van der Waals surface area contributed by atoms with Crippen LogP contribution in [0.25, 0.3) is 10.2 Å². The van der Waals surface area contributed by atoms with Crippen molar-refractivity contribution in [2.24, 2.45) is 0 Å². The molecule has 3 rings (SSSR count). The van der Waals surface area contributed by atoms with Gasteiger partial charge in [-0.1, -0.05) is 0 Å².